The van der Waals surface area contributed by atoms with Gasteiger partial charge in [-0.3, -0.25) is 0 Å². The normalized spacial score (nSPS) is 9.40. The van der Waals surface area contributed by atoms with Gasteiger partial charge in [-0.1, -0.05) is 11.6 Å². The van der Waals surface area contributed by atoms with Crippen LogP contribution in [0.4, 0.5) is 10.1 Å². The molecule has 10 heavy (non-hydrogen) atoms. The lowest BCUT2D eigenvalue weighted by Gasteiger charge is -1.91. The molecule has 0 radical (unpaired) electrons. The minimum absolute atomic E-state index is 0.218. The molecule has 0 fully saturated rings. The van der Waals surface area contributed by atoms with Crippen molar-refractivity contribution in [1.82, 2.24) is 0 Å². The molecule has 0 aliphatic rings. The summed E-state index contributed by atoms with van der Waals surface area (Å²) in [5.74, 6) is -0.692. The summed E-state index contributed by atoms with van der Waals surface area (Å²) in [6.45, 7) is 0. The van der Waals surface area contributed by atoms with Crippen LogP contribution in [-0.4, -0.2) is 0 Å². The molecule has 0 spiro atoms. The van der Waals surface area contributed by atoms with Gasteiger partial charge >= 0.3 is 0 Å². The molecule has 0 saturated heterocycles. The Labute approximate surface area is 61.6 Å². The second kappa shape index (κ2) is 2.75. The zero-order chi connectivity index (χ0) is 7.56. The number of hydrogen-bond donors (Lipinski definition) is 0. The maximum atomic E-state index is 12.5. The Bertz CT molecular complexity index is 264. The molecule has 0 aliphatic heterocycles. The van der Waals surface area contributed by atoms with Crippen molar-refractivity contribution in [2.45, 2.75) is 0 Å². The number of benzene rings is 1. The van der Waals surface area contributed by atoms with Gasteiger partial charge in [-0.25, -0.2) is 4.39 Å². The van der Waals surface area contributed by atoms with Crippen molar-refractivity contribution >= 4 is 17.3 Å². The third-order valence-corrected chi connectivity index (χ3v) is 1.24. The molecule has 0 N–H and O–H groups in total. The van der Waals surface area contributed by atoms with E-state index in [2.05, 4.69) is 5.18 Å². The minimum Gasteiger partial charge on any atom is -0.204 e. The van der Waals surface area contributed by atoms with Gasteiger partial charge in [-0.05, 0) is 23.4 Å². The van der Waals surface area contributed by atoms with Gasteiger partial charge < -0.3 is 0 Å². The van der Waals surface area contributed by atoms with Crippen LogP contribution in [0, 0.1) is 10.7 Å². The third-order valence-electron chi connectivity index (χ3n) is 1.01. The maximum absolute atomic E-state index is 12.5. The molecule has 2 nitrogen and oxygen atoms in total. The molecular weight excluding hydrogens is 157 g/mol. The summed E-state index contributed by atoms with van der Waals surface area (Å²) in [7, 11) is 0. The Morgan fingerprint density at radius 2 is 2.20 bits per heavy atom. The molecule has 0 aliphatic carbocycles. The van der Waals surface area contributed by atoms with Crippen molar-refractivity contribution in [2.24, 2.45) is 5.18 Å². The number of halogens is 2. The Morgan fingerprint density at radius 1 is 1.50 bits per heavy atom. The molecule has 0 aromatic heterocycles. The number of nitroso groups, excluding NO2 is 1. The largest absolute Gasteiger partial charge is 0.204 e. The third kappa shape index (κ3) is 1.30. The van der Waals surface area contributed by atoms with Crippen LogP contribution >= 0.6 is 11.6 Å². The van der Waals surface area contributed by atoms with Crippen LogP contribution in [0.2, 0.25) is 5.02 Å². The van der Waals surface area contributed by atoms with E-state index in [0.29, 0.717) is 0 Å². The van der Waals surface area contributed by atoms with Crippen molar-refractivity contribution < 1.29 is 4.39 Å². The molecule has 0 atom stereocenters. The predicted molar refractivity (Wildman–Crippen MR) is 36.9 cm³/mol. The van der Waals surface area contributed by atoms with Gasteiger partial charge in [0.15, 0.2) is 5.82 Å². The first kappa shape index (κ1) is 7.15. The number of nitrogens with zero attached hydrogens (tertiary/aromatic N) is 1. The van der Waals surface area contributed by atoms with Gasteiger partial charge in [0.25, 0.3) is 0 Å². The maximum Gasteiger partial charge on any atom is 0.153 e. The fourth-order valence-electron chi connectivity index (χ4n) is 0.555. The van der Waals surface area contributed by atoms with Crippen LogP contribution in [0.25, 0.3) is 0 Å². The van der Waals surface area contributed by atoms with E-state index in [4.69, 9.17) is 11.6 Å². The van der Waals surface area contributed by atoms with E-state index in [0.717, 1.165) is 6.07 Å². The van der Waals surface area contributed by atoms with Crippen molar-refractivity contribution in [1.29, 1.82) is 0 Å². The highest BCUT2D eigenvalue weighted by molar-refractivity contribution is 6.30. The van der Waals surface area contributed by atoms with Crippen molar-refractivity contribution in [3.8, 4) is 0 Å². The van der Waals surface area contributed by atoms with E-state index >= 15 is 0 Å². The lowest BCUT2D eigenvalue weighted by molar-refractivity contribution is 0.630. The van der Waals surface area contributed by atoms with Crippen LogP contribution in [0.5, 0.6) is 0 Å². The molecule has 0 heterocycles. The molecular formula is C6H3ClFNO. The number of rotatable bonds is 1. The SMILES string of the molecule is O=Nc1ccc(Cl)cc1F. The van der Waals surface area contributed by atoms with Crippen molar-refractivity contribution in [3.63, 3.8) is 0 Å². The van der Waals surface area contributed by atoms with Crippen molar-refractivity contribution in [2.75, 3.05) is 0 Å². The summed E-state index contributed by atoms with van der Waals surface area (Å²) in [5, 5.41) is 2.68. The van der Waals surface area contributed by atoms with Gasteiger partial charge in [-0.15, -0.1) is 4.91 Å². The number of hydrogen-bond acceptors (Lipinski definition) is 2. The monoisotopic (exact) mass is 159 g/mol. The molecule has 4 heteroatoms. The highest BCUT2D eigenvalue weighted by atomic mass is 35.5. The first-order chi connectivity index (χ1) is 4.74. The van der Waals surface area contributed by atoms with E-state index in [1.165, 1.54) is 12.1 Å². The average Bonchev–Trinajstić information content (AvgIpc) is 1.88. The summed E-state index contributed by atoms with van der Waals surface area (Å²) in [6, 6.07) is 3.67. The Balaban J connectivity index is 3.19. The first-order valence-corrected chi connectivity index (χ1v) is 2.90. The van der Waals surface area contributed by atoms with Gasteiger partial charge in [0, 0.05) is 5.02 Å². The summed E-state index contributed by atoms with van der Waals surface area (Å²) in [6.07, 6.45) is 0. The topological polar surface area (TPSA) is 29.4 Å². The molecule has 1 aromatic rings. The second-order valence-corrected chi connectivity index (χ2v) is 2.12. The van der Waals surface area contributed by atoms with Crippen LogP contribution in [0.15, 0.2) is 23.4 Å². The highest BCUT2D eigenvalue weighted by Crippen LogP contribution is 2.20. The van der Waals surface area contributed by atoms with Gasteiger partial charge in [-0.2, -0.15) is 0 Å². The summed E-state index contributed by atoms with van der Waals surface area (Å²) in [4.78, 5) is 9.81. The van der Waals surface area contributed by atoms with E-state index in [-0.39, 0.29) is 10.7 Å². The van der Waals surface area contributed by atoms with E-state index in [9.17, 15) is 9.30 Å². The molecule has 0 unspecified atom stereocenters. The summed E-state index contributed by atoms with van der Waals surface area (Å²) < 4.78 is 12.5. The van der Waals surface area contributed by atoms with Gasteiger partial charge in [0.05, 0.1) is 0 Å². The second-order valence-electron chi connectivity index (χ2n) is 1.69. The Hall–Kier alpha value is -0.960. The summed E-state index contributed by atoms with van der Waals surface area (Å²) >= 11 is 5.39. The summed E-state index contributed by atoms with van der Waals surface area (Å²) in [5.41, 5.74) is -0.218. The van der Waals surface area contributed by atoms with Crippen LogP contribution < -0.4 is 0 Å². The van der Waals surface area contributed by atoms with Gasteiger partial charge in [0.2, 0.25) is 0 Å². The van der Waals surface area contributed by atoms with E-state index in [1.807, 2.05) is 0 Å². The smallest absolute Gasteiger partial charge is 0.153 e. The average molecular weight is 160 g/mol. The fourth-order valence-corrected chi connectivity index (χ4v) is 0.714. The van der Waals surface area contributed by atoms with Crippen molar-refractivity contribution in [3.05, 3.63) is 33.9 Å². The van der Waals surface area contributed by atoms with E-state index in [1.54, 1.807) is 0 Å². The Kier molecular flexibility index (Phi) is 1.97. The van der Waals surface area contributed by atoms with E-state index < -0.39 is 5.82 Å². The van der Waals surface area contributed by atoms with Crippen LogP contribution in [0.1, 0.15) is 0 Å². The molecule has 0 saturated carbocycles. The standard InChI is InChI=1S/C6H3ClFNO/c7-4-1-2-6(9-10)5(8)3-4/h1-3H. The lowest BCUT2D eigenvalue weighted by Crippen LogP contribution is -1.73. The lowest BCUT2D eigenvalue weighted by atomic mass is 10.3. The Morgan fingerprint density at radius 3 is 2.70 bits per heavy atom. The molecule has 1 rings (SSSR count). The first-order valence-electron chi connectivity index (χ1n) is 2.52. The van der Waals surface area contributed by atoms with Crippen LogP contribution in [0.3, 0.4) is 0 Å². The molecule has 52 valence electrons. The van der Waals surface area contributed by atoms with Crippen LogP contribution in [-0.2, 0) is 0 Å². The minimum atomic E-state index is -0.692. The molecule has 1 aromatic carbocycles. The predicted octanol–water partition coefficient (Wildman–Crippen LogP) is 2.88. The zero-order valence-corrected chi connectivity index (χ0v) is 5.60. The highest BCUT2D eigenvalue weighted by Gasteiger charge is 2.00. The fraction of sp³-hybridized carbons (Fsp3) is 0. The zero-order valence-electron chi connectivity index (χ0n) is 4.84. The molecule has 0 bridgehead atoms. The molecule has 0 amide bonds. The van der Waals surface area contributed by atoms with Gasteiger partial charge in [0.1, 0.15) is 5.69 Å². The quantitative estimate of drug-likeness (QED) is 0.580.